The molecule has 5 nitrogen and oxygen atoms in total. The van der Waals surface area contributed by atoms with Gasteiger partial charge in [-0.05, 0) is 19.4 Å². The molecule has 29 heavy (non-hydrogen) atoms. The second kappa shape index (κ2) is 7.27. The molecular formula is C21H18F3N3O2. The molecule has 2 heterocycles. The van der Waals surface area contributed by atoms with Gasteiger partial charge < -0.3 is 14.7 Å². The highest BCUT2D eigenvalue weighted by atomic mass is 19.2. The lowest BCUT2D eigenvalue weighted by Crippen LogP contribution is -2.44. The lowest BCUT2D eigenvalue weighted by molar-refractivity contribution is 0.182. The van der Waals surface area contributed by atoms with Gasteiger partial charge in [0.05, 0.1) is 12.2 Å². The number of rotatable bonds is 2. The summed E-state index contributed by atoms with van der Waals surface area (Å²) in [5.74, 6) is -3.71. The maximum absolute atomic E-state index is 13.4. The fraction of sp³-hybridized carbons (Fsp3) is 0.238. The van der Waals surface area contributed by atoms with Gasteiger partial charge in [-0.1, -0.05) is 29.4 Å². The number of benzene rings is 2. The van der Waals surface area contributed by atoms with E-state index in [-0.39, 0.29) is 18.3 Å². The molecule has 0 fully saturated rings. The minimum Gasteiger partial charge on any atom is -0.356 e. The first kappa shape index (κ1) is 19.0. The first-order chi connectivity index (χ1) is 13.8. The van der Waals surface area contributed by atoms with Crippen LogP contribution in [0.25, 0.3) is 11.3 Å². The number of hydrogen-bond donors (Lipinski definition) is 1. The summed E-state index contributed by atoms with van der Waals surface area (Å²) in [6.45, 7) is 4.02. The van der Waals surface area contributed by atoms with E-state index in [9.17, 15) is 18.0 Å². The summed E-state index contributed by atoms with van der Waals surface area (Å²) in [5, 5.41) is 6.59. The van der Waals surface area contributed by atoms with Gasteiger partial charge in [-0.25, -0.2) is 18.0 Å². The van der Waals surface area contributed by atoms with Crippen LogP contribution in [0.5, 0.6) is 0 Å². The van der Waals surface area contributed by atoms with Crippen molar-refractivity contribution in [2.75, 3.05) is 5.32 Å². The third-order valence-electron chi connectivity index (χ3n) is 5.10. The summed E-state index contributed by atoms with van der Waals surface area (Å²) in [7, 11) is 0. The summed E-state index contributed by atoms with van der Waals surface area (Å²) < 4.78 is 45.6. The maximum Gasteiger partial charge on any atom is 0.322 e. The molecule has 0 spiro atoms. The van der Waals surface area contributed by atoms with Gasteiger partial charge in [0.2, 0.25) is 0 Å². The van der Waals surface area contributed by atoms with Crippen molar-refractivity contribution in [1.82, 2.24) is 10.1 Å². The second-order valence-corrected chi connectivity index (χ2v) is 7.12. The van der Waals surface area contributed by atoms with Gasteiger partial charge in [0.25, 0.3) is 0 Å². The van der Waals surface area contributed by atoms with Crippen LogP contribution >= 0.6 is 0 Å². The van der Waals surface area contributed by atoms with Gasteiger partial charge in [0.1, 0.15) is 0 Å². The number of aromatic nitrogens is 1. The molecule has 1 unspecified atom stereocenters. The summed E-state index contributed by atoms with van der Waals surface area (Å²) in [6, 6.07) is 8.41. The highest BCUT2D eigenvalue weighted by molar-refractivity contribution is 5.90. The lowest BCUT2D eigenvalue weighted by Gasteiger charge is -2.32. The number of carbonyl (C=O) groups excluding carboxylic acids is 1. The zero-order valence-electron chi connectivity index (χ0n) is 15.8. The zero-order chi connectivity index (χ0) is 20.7. The van der Waals surface area contributed by atoms with E-state index in [1.807, 2.05) is 38.1 Å². The van der Waals surface area contributed by atoms with Crippen molar-refractivity contribution in [3.05, 3.63) is 70.7 Å². The van der Waals surface area contributed by atoms with Gasteiger partial charge in [-0.2, -0.15) is 0 Å². The topological polar surface area (TPSA) is 58.4 Å². The molecule has 1 atom stereocenters. The molecule has 150 valence electrons. The molecule has 1 aliphatic heterocycles. The summed E-state index contributed by atoms with van der Waals surface area (Å²) in [5.41, 5.74) is 3.31. The normalized spacial score (nSPS) is 15.9. The number of hydrogen-bond acceptors (Lipinski definition) is 3. The van der Waals surface area contributed by atoms with Crippen LogP contribution in [-0.2, 0) is 13.0 Å². The monoisotopic (exact) mass is 401 g/mol. The van der Waals surface area contributed by atoms with Crippen LogP contribution in [0.4, 0.5) is 23.7 Å². The number of fused-ring (bicyclic) bond motifs is 1. The van der Waals surface area contributed by atoms with Crippen molar-refractivity contribution in [3.8, 4) is 11.3 Å². The van der Waals surface area contributed by atoms with Crippen LogP contribution in [0.1, 0.15) is 23.7 Å². The molecule has 1 N–H and O–H groups in total. The Morgan fingerprint density at radius 3 is 2.59 bits per heavy atom. The molecule has 8 heteroatoms. The molecule has 0 saturated heterocycles. The Kier molecular flexibility index (Phi) is 4.77. The largest absolute Gasteiger partial charge is 0.356 e. The third kappa shape index (κ3) is 3.46. The van der Waals surface area contributed by atoms with Crippen molar-refractivity contribution in [2.24, 2.45) is 0 Å². The number of carbonyl (C=O) groups is 1. The fourth-order valence-electron chi connectivity index (χ4n) is 3.52. The Bertz CT molecular complexity index is 1070. The van der Waals surface area contributed by atoms with Crippen LogP contribution < -0.4 is 5.32 Å². The smallest absolute Gasteiger partial charge is 0.322 e. The molecule has 2 aromatic carbocycles. The molecule has 0 aliphatic carbocycles. The van der Waals surface area contributed by atoms with Crippen molar-refractivity contribution in [3.63, 3.8) is 0 Å². The number of nitrogens with one attached hydrogen (secondary N) is 1. The van der Waals surface area contributed by atoms with Gasteiger partial charge in [-0.15, -0.1) is 0 Å². The van der Waals surface area contributed by atoms with Gasteiger partial charge in [-0.3, -0.25) is 0 Å². The van der Waals surface area contributed by atoms with Crippen LogP contribution in [0.3, 0.4) is 0 Å². The van der Waals surface area contributed by atoms with E-state index in [1.54, 1.807) is 0 Å². The number of urea groups is 1. The van der Waals surface area contributed by atoms with E-state index in [2.05, 4.69) is 10.5 Å². The SMILES string of the molecule is Cc1ccccc1-c1onc2c1CN(C(=O)Nc1cc(F)c(F)c(F)c1)C(C)C2. The first-order valence-electron chi connectivity index (χ1n) is 9.10. The number of halogens is 3. The first-order valence-corrected chi connectivity index (χ1v) is 9.10. The van der Waals surface area contributed by atoms with E-state index in [0.717, 1.165) is 34.5 Å². The highest BCUT2D eigenvalue weighted by Gasteiger charge is 2.32. The highest BCUT2D eigenvalue weighted by Crippen LogP contribution is 2.34. The Morgan fingerprint density at radius 1 is 1.21 bits per heavy atom. The van der Waals surface area contributed by atoms with E-state index in [4.69, 9.17) is 4.52 Å². The Balaban J connectivity index is 1.61. The van der Waals surface area contributed by atoms with Crippen LogP contribution in [-0.4, -0.2) is 22.1 Å². The predicted octanol–water partition coefficient (Wildman–Crippen LogP) is 5.05. The maximum atomic E-state index is 13.4. The van der Waals surface area contributed by atoms with Crippen molar-refractivity contribution in [2.45, 2.75) is 32.9 Å². The summed E-state index contributed by atoms with van der Waals surface area (Å²) >= 11 is 0. The minimum absolute atomic E-state index is 0.158. The molecule has 1 aliphatic rings. The van der Waals surface area contributed by atoms with E-state index < -0.39 is 23.5 Å². The predicted molar refractivity (Wildman–Crippen MR) is 101 cm³/mol. The van der Waals surface area contributed by atoms with Gasteiger partial charge in [0.15, 0.2) is 23.2 Å². The number of amides is 2. The van der Waals surface area contributed by atoms with Crippen molar-refractivity contribution >= 4 is 11.7 Å². The summed E-state index contributed by atoms with van der Waals surface area (Å²) in [4.78, 5) is 14.3. The molecule has 0 bridgehead atoms. The minimum atomic E-state index is -1.58. The standard InChI is InChI=1S/C21H18F3N3O2/c1-11-5-3-4-6-14(11)20-15-10-27(12(2)7-18(15)26-29-20)21(28)25-13-8-16(22)19(24)17(23)9-13/h3-6,8-9,12H,7,10H2,1-2H3,(H,25,28). The molecule has 3 aromatic rings. The van der Waals surface area contributed by atoms with Crippen molar-refractivity contribution < 1.29 is 22.5 Å². The van der Waals surface area contributed by atoms with Crippen LogP contribution in [0, 0.1) is 24.4 Å². The average molecular weight is 401 g/mol. The van der Waals surface area contributed by atoms with Crippen molar-refractivity contribution in [1.29, 1.82) is 0 Å². The van der Waals surface area contributed by atoms with Gasteiger partial charge in [0, 0.05) is 41.4 Å². The van der Waals surface area contributed by atoms with E-state index >= 15 is 0 Å². The van der Waals surface area contributed by atoms with Crippen LogP contribution in [0.2, 0.25) is 0 Å². The Hall–Kier alpha value is -3.29. The molecule has 4 rings (SSSR count). The number of aryl methyl sites for hydroxylation is 1. The quantitative estimate of drug-likeness (QED) is 0.612. The van der Waals surface area contributed by atoms with Gasteiger partial charge >= 0.3 is 6.03 Å². The molecule has 0 saturated carbocycles. The Labute approximate surface area is 165 Å². The zero-order valence-corrected chi connectivity index (χ0v) is 15.8. The average Bonchev–Trinajstić information content (AvgIpc) is 3.08. The molecule has 0 radical (unpaired) electrons. The fourth-order valence-corrected chi connectivity index (χ4v) is 3.52. The van der Waals surface area contributed by atoms with E-state index in [1.165, 1.54) is 4.90 Å². The van der Waals surface area contributed by atoms with E-state index in [0.29, 0.717) is 12.2 Å². The third-order valence-corrected chi connectivity index (χ3v) is 5.10. The Morgan fingerprint density at radius 2 is 1.90 bits per heavy atom. The molecular weight excluding hydrogens is 383 g/mol. The molecule has 1 aromatic heterocycles. The lowest BCUT2D eigenvalue weighted by atomic mass is 9.96. The summed E-state index contributed by atoms with van der Waals surface area (Å²) in [6.07, 6.45) is 0.476. The number of nitrogens with zero attached hydrogens (tertiary/aromatic N) is 2. The number of anilines is 1. The molecule has 2 amide bonds. The van der Waals surface area contributed by atoms with Crippen LogP contribution in [0.15, 0.2) is 40.9 Å². The second-order valence-electron chi connectivity index (χ2n) is 7.12.